The van der Waals surface area contributed by atoms with Crippen molar-refractivity contribution >= 4 is 0 Å². The van der Waals surface area contributed by atoms with Crippen LogP contribution in [0.5, 0.6) is 0 Å². The number of aliphatic hydroxyl groups excluding tert-OH is 1. The molecule has 0 aliphatic carbocycles. The second-order valence-corrected chi connectivity index (χ2v) is 11.4. The number of hydrogen-bond acceptors (Lipinski definition) is 1. The highest BCUT2D eigenvalue weighted by Gasteiger charge is 2.03. The van der Waals surface area contributed by atoms with Crippen molar-refractivity contribution in [2.24, 2.45) is 0 Å². The van der Waals surface area contributed by atoms with Crippen molar-refractivity contribution in [3.8, 4) is 0 Å². The van der Waals surface area contributed by atoms with Crippen LogP contribution in [0.4, 0.5) is 0 Å². The van der Waals surface area contributed by atoms with Crippen LogP contribution in [0.25, 0.3) is 0 Å². The summed E-state index contributed by atoms with van der Waals surface area (Å²) < 4.78 is 0. The van der Waals surface area contributed by atoms with E-state index in [0.717, 1.165) is 25.7 Å². The fourth-order valence-electron chi connectivity index (χ4n) is 4.88. The fourth-order valence-corrected chi connectivity index (χ4v) is 4.88. The maximum Gasteiger partial charge on any atom is 0.0540 e. The quantitative estimate of drug-likeness (QED) is 0.0726. The fraction of sp³-hybridized carbons (Fsp3) is 0.784. The lowest BCUT2D eigenvalue weighted by molar-refractivity contribution is 0.147. The number of unbranched alkanes of at least 4 members (excludes halogenated alkanes) is 18. The Bertz CT molecular complexity index is 541. The molecule has 0 aromatic rings. The number of aliphatic hydroxyl groups is 1. The molecule has 1 unspecified atom stereocenters. The lowest BCUT2D eigenvalue weighted by Crippen LogP contribution is -2.05. The Morgan fingerprint density at radius 1 is 0.368 bits per heavy atom. The summed E-state index contributed by atoms with van der Waals surface area (Å²) in [5.41, 5.74) is 0. The van der Waals surface area contributed by atoms with E-state index in [1.54, 1.807) is 0 Å². The summed E-state index contributed by atoms with van der Waals surface area (Å²) in [6.45, 7) is 4.52. The molecule has 1 nitrogen and oxygen atoms in total. The first-order valence-corrected chi connectivity index (χ1v) is 17.1. The van der Waals surface area contributed by atoms with E-state index in [4.69, 9.17) is 0 Å². The van der Waals surface area contributed by atoms with Crippen LogP contribution in [0.15, 0.2) is 48.6 Å². The minimum Gasteiger partial charge on any atom is -0.393 e. The predicted molar refractivity (Wildman–Crippen MR) is 174 cm³/mol. The van der Waals surface area contributed by atoms with Crippen molar-refractivity contribution in [2.45, 2.75) is 187 Å². The monoisotopic (exact) mass is 529 g/mol. The van der Waals surface area contributed by atoms with Crippen molar-refractivity contribution in [3.63, 3.8) is 0 Å². The summed E-state index contributed by atoms with van der Waals surface area (Å²) >= 11 is 0. The van der Waals surface area contributed by atoms with Crippen LogP contribution in [-0.2, 0) is 0 Å². The lowest BCUT2D eigenvalue weighted by Gasteiger charge is -2.10. The maximum atomic E-state index is 10.3. The SMILES string of the molecule is CCCCC/C=C\C/C=C\CCCCCCCCCC(O)CCCCCCC/C=C\C/C=C\CCCCC. The maximum absolute atomic E-state index is 10.3. The van der Waals surface area contributed by atoms with E-state index in [0.29, 0.717) is 0 Å². The first-order valence-electron chi connectivity index (χ1n) is 17.1. The minimum atomic E-state index is -0.0640. The van der Waals surface area contributed by atoms with Crippen molar-refractivity contribution in [2.75, 3.05) is 0 Å². The van der Waals surface area contributed by atoms with Crippen molar-refractivity contribution in [3.05, 3.63) is 48.6 Å². The molecule has 1 N–H and O–H groups in total. The molecule has 0 amide bonds. The number of allylic oxidation sites excluding steroid dienone is 8. The average molecular weight is 529 g/mol. The molecular weight excluding hydrogens is 460 g/mol. The average Bonchev–Trinajstić information content (AvgIpc) is 2.92. The summed E-state index contributed by atoms with van der Waals surface area (Å²) in [6.07, 6.45) is 51.6. The van der Waals surface area contributed by atoms with E-state index in [2.05, 4.69) is 62.5 Å². The van der Waals surface area contributed by atoms with Gasteiger partial charge in [0.1, 0.15) is 0 Å². The summed E-state index contributed by atoms with van der Waals surface area (Å²) in [4.78, 5) is 0. The van der Waals surface area contributed by atoms with Gasteiger partial charge in [-0.15, -0.1) is 0 Å². The molecule has 0 aromatic heterocycles. The van der Waals surface area contributed by atoms with Crippen molar-refractivity contribution in [1.82, 2.24) is 0 Å². The zero-order chi connectivity index (χ0) is 27.6. The third-order valence-electron chi connectivity index (χ3n) is 7.48. The Balaban J connectivity index is 3.29. The summed E-state index contributed by atoms with van der Waals surface area (Å²) in [5, 5.41) is 10.3. The number of hydrogen-bond donors (Lipinski definition) is 1. The van der Waals surface area contributed by atoms with E-state index in [1.807, 2.05) is 0 Å². The molecule has 0 spiro atoms. The predicted octanol–water partition coefficient (Wildman–Crippen LogP) is 12.8. The first-order chi connectivity index (χ1) is 18.8. The van der Waals surface area contributed by atoms with Gasteiger partial charge in [0, 0.05) is 0 Å². The van der Waals surface area contributed by atoms with E-state index in [-0.39, 0.29) is 6.10 Å². The number of rotatable bonds is 30. The largest absolute Gasteiger partial charge is 0.393 e. The van der Waals surface area contributed by atoms with Crippen molar-refractivity contribution < 1.29 is 5.11 Å². The zero-order valence-corrected chi connectivity index (χ0v) is 26.0. The molecule has 0 saturated heterocycles. The molecular formula is C37H68O. The molecule has 0 saturated carbocycles. The lowest BCUT2D eigenvalue weighted by atomic mass is 10.0. The van der Waals surface area contributed by atoms with Crippen LogP contribution in [-0.4, -0.2) is 11.2 Å². The summed E-state index contributed by atoms with van der Waals surface area (Å²) in [5.74, 6) is 0. The van der Waals surface area contributed by atoms with Gasteiger partial charge in [-0.1, -0.05) is 152 Å². The molecule has 222 valence electrons. The third kappa shape index (κ3) is 32.9. The van der Waals surface area contributed by atoms with Gasteiger partial charge in [-0.25, -0.2) is 0 Å². The highest BCUT2D eigenvalue weighted by Crippen LogP contribution is 2.15. The molecule has 38 heavy (non-hydrogen) atoms. The Morgan fingerprint density at radius 2 is 0.658 bits per heavy atom. The highest BCUT2D eigenvalue weighted by molar-refractivity contribution is 4.93. The summed E-state index contributed by atoms with van der Waals surface area (Å²) in [6, 6.07) is 0. The third-order valence-corrected chi connectivity index (χ3v) is 7.48. The molecule has 0 bridgehead atoms. The zero-order valence-electron chi connectivity index (χ0n) is 26.0. The topological polar surface area (TPSA) is 20.2 Å². The van der Waals surface area contributed by atoms with E-state index < -0.39 is 0 Å². The normalized spacial score (nSPS) is 13.2. The van der Waals surface area contributed by atoms with Crippen molar-refractivity contribution in [1.29, 1.82) is 0 Å². The molecule has 0 aliphatic rings. The van der Waals surface area contributed by atoms with E-state index in [9.17, 15) is 5.11 Å². The van der Waals surface area contributed by atoms with Crippen LogP contribution in [0, 0.1) is 0 Å². The molecule has 0 aromatic carbocycles. The van der Waals surface area contributed by atoms with Crippen LogP contribution in [0.1, 0.15) is 181 Å². The second-order valence-electron chi connectivity index (χ2n) is 11.4. The second kappa shape index (κ2) is 33.9. The standard InChI is InChI=1S/C37H68O/c1-3-5-7-9-11-13-15-17-19-20-22-24-26-28-30-32-34-36-37(38)35-33-31-29-27-25-23-21-18-16-14-12-10-8-6-4-2/h11-14,17-19,21,37-38H,3-10,15-16,20,22-36H2,1-2H3/b13-11-,14-12-,19-17-,21-18-. The van der Waals surface area contributed by atoms with Gasteiger partial charge in [0.05, 0.1) is 6.10 Å². The van der Waals surface area contributed by atoms with E-state index >= 15 is 0 Å². The van der Waals surface area contributed by atoms with Gasteiger partial charge in [0.25, 0.3) is 0 Å². The van der Waals surface area contributed by atoms with E-state index in [1.165, 1.54) is 141 Å². The van der Waals surface area contributed by atoms with Gasteiger partial charge in [-0.3, -0.25) is 0 Å². The van der Waals surface area contributed by atoms with Gasteiger partial charge >= 0.3 is 0 Å². The van der Waals surface area contributed by atoms with Gasteiger partial charge in [0.2, 0.25) is 0 Å². The van der Waals surface area contributed by atoms with Gasteiger partial charge in [0.15, 0.2) is 0 Å². The molecule has 0 heterocycles. The van der Waals surface area contributed by atoms with Crippen LogP contribution >= 0.6 is 0 Å². The molecule has 0 radical (unpaired) electrons. The van der Waals surface area contributed by atoms with Crippen LogP contribution in [0.2, 0.25) is 0 Å². The Labute approximate surface area is 240 Å². The Morgan fingerprint density at radius 3 is 1.00 bits per heavy atom. The van der Waals surface area contributed by atoms with Crippen LogP contribution < -0.4 is 0 Å². The molecule has 0 aliphatic heterocycles. The molecule has 1 atom stereocenters. The smallest absolute Gasteiger partial charge is 0.0540 e. The van der Waals surface area contributed by atoms with Gasteiger partial charge < -0.3 is 5.11 Å². The van der Waals surface area contributed by atoms with Crippen LogP contribution in [0.3, 0.4) is 0 Å². The van der Waals surface area contributed by atoms with Gasteiger partial charge in [-0.2, -0.15) is 0 Å². The molecule has 1 heteroatoms. The molecule has 0 fully saturated rings. The van der Waals surface area contributed by atoms with Gasteiger partial charge in [-0.05, 0) is 77.0 Å². The molecule has 0 rings (SSSR count). The summed E-state index contributed by atoms with van der Waals surface area (Å²) in [7, 11) is 0. The highest BCUT2D eigenvalue weighted by atomic mass is 16.3. The minimum absolute atomic E-state index is 0.0640. The Kier molecular flexibility index (Phi) is 33.0. The Hall–Kier alpha value is -1.08. The first kappa shape index (κ1) is 36.9.